The quantitative estimate of drug-likeness (QED) is 0.288. The average Bonchev–Trinajstić information content (AvgIpc) is 2.31. The van der Waals surface area contributed by atoms with E-state index in [1.807, 2.05) is 0 Å². The molecule has 22 heavy (non-hydrogen) atoms. The molecular weight excluding hydrogens is 344 g/mol. The van der Waals surface area contributed by atoms with E-state index in [0.717, 1.165) is 0 Å². The van der Waals surface area contributed by atoms with Crippen LogP contribution in [-0.4, -0.2) is 53.5 Å². The number of ether oxygens (including phenoxy) is 2. The summed E-state index contributed by atoms with van der Waals surface area (Å²) in [5.74, 6) is -2.87. The molecular formula is C10H14O10S2. The van der Waals surface area contributed by atoms with Crippen molar-refractivity contribution in [2.75, 3.05) is 12.5 Å². The maximum absolute atomic E-state index is 11.7. The number of hydrogen-bond acceptors (Lipinski definition) is 10. The Labute approximate surface area is 127 Å². The van der Waals surface area contributed by atoms with Gasteiger partial charge < -0.3 is 9.47 Å². The van der Waals surface area contributed by atoms with Crippen molar-refractivity contribution in [1.82, 2.24) is 0 Å². The summed E-state index contributed by atoms with van der Waals surface area (Å²) in [5.41, 5.74) is 0. The van der Waals surface area contributed by atoms with Crippen molar-refractivity contribution in [2.45, 2.75) is 12.2 Å². The topological polar surface area (TPSA) is 139 Å². The molecule has 0 aliphatic carbocycles. The summed E-state index contributed by atoms with van der Waals surface area (Å²) in [6, 6.07) is 0. The Balaban J connectivity index is 5.78. The second kappa shape index (κ2) is 8.03. The van der Waals surface area contributed by atoms with Crippen LogP contribution in [0.15, 0.2) is 25.7 Å². The summed E-state index contributed by atoms with van der Waals surface area (Å²) in [6.45, 7) is 6.11. The molecule has 0 aromatic heterocycles. The van der Waals surface area contributed by atoms with Crippen molar-refractivity contribution in [2.24, 2.45) is 0 Å². The molecule has 0 amide bonds. The van der Waals surface area contributed by atoms with Gasteiger partial charge in [0.25, 0.3) is 20.2 Å². The lowest BCUT2D eigenvalue weighted by molar-refractivity contribution is -0.162. The summed E-state index contributed by atoms with van der Waals surface area (Å²) >= 11 is 0. The van der Waals surface area contributed by atoms with Gasteiger partial charge in [-0.3, -0.25) is 8.37 Å². The van der Waals surface area contributed by atoms with Gasteiger partial charge in [-0.25, -0.2) is 9.59 Å². The fourth-order valence-corrected chi connectivity index (χ4v) is 2.21. The summed E-state index contributed by atoms with van der Waals surface area (Å²) in [5, 5.41) is 0. The van der Waals surface area contributed by atoms with Crippen LogP contribution in [0.1, 0.15) is 0 Å². The maximum Gasteiger partial charge on any atom is 0.345 e. The highest BCUT2D eigenvalue weighted by Crippen LogP contribution is 2.14. The lowest BCUT2D eigenvalue weighted by Crippen LogP contribution is -2.46. The predicted molar refractivity (Wildman–Crippen MR) is 72.0 cm³/mol. The number of carbonyl (C=O) groups is 2. The van der Waals surface area contributed by atoms with E-state index in [9.17, 15) is 26.4 Å². The summed E-state index contributed by atoms with van der Waals surface area (Å²) in [4.78, 5) is 23.3. The molecule has 0 saturated heterocycles. The van der Waals surface area contributed by atoms with Gasteiger partial charge in [-0.15, -0.1) is 0 Å². The van der Waals surface area contributed by atoms with Crippen LogP contribution in [0.4, 0.5) is 0 Å². The van der Waals surface area contributed by atoms with Gasteiger partial charge in [0, 0.05) is 0 Å². The van der Waals surface area contributed by atoms with Crippen LogP contribution in [0.5, 0.6) is 0 Å². The standard InChI is InChI=1S/C10H14O10S2/c1-5-17-9(11)7(19-21(3,13)14)8(10(12)18-6-2)20-22(4,15)16/h5-8H,1-2H2,3-4H3. The van der Waals surface area contributed by atoms with Gasteiger partial charge in [-0.2, -0.15) is 16.8 Å². The van der Waals surface area contributed by atoms with Crippen molar-refractivity contribution in [3.05, 3.63) is 25.7 Å². The molecule has 0 rings (SSSR count). The van der Waals surface area contributed by atoms with Gasteiger partial charge in [0.05, 0.1) is 25.0 Å². The van der Waals surface area contributed by atoms with E-state index in [1.165, 1.54) is 0 Å². The molecule has 126 valence electrons. The smallest absolute Gasteiger partial charge is 0.345 e. The molecule has 12 heteroatoms. The molecule has 0 aliphatic heterocycles. The molecule has 0 aromatic rings. The highest BCUT2D eigenvalue weighted by atomic mass is 32.2. The molecule has 2 unspecified atom stereocenters. The first-order valence-electron chi connectivity index (χ1n) is 5.30. The highest BCUT2D eigenvalue weighted by Gasteiger charge is 2.43. The van der Waals surface area contributed by atoms with Gasteiger partial charge in [-0.05, 0) is 0 Å². The van der Waals surface area contributed by atoms with Crippen molar-refractivity contribution in [3.8, 4) is 0 Å². The van der Waals surface area contributed by atoms with Crippen LogP contribution in [0.2, 0.25) is 0 Å². The first-order chi connectivity index (χ1) is 9.91. The lowest BCUT2D eigenvalue weighted by Gasteiger charge is -2.21. The third-order valence-electron chi connectivity index (χ3n) is 1.70. The Hall–Kier alpha value is -1.76. The fourth-order valence-electron chi connectivity index (χ4n) is 1.10. The van der Waals surface area contributed by atoms with Gasteiger partial charge >= 0.3 is 11.9 Å². The zero-order valence-corrected chi connectivity index (χ0v) is 13.3. The number of esters is 2. The molecule has 10 nitrogen and oxygen atoms in total. The SMILES string of the molecule is C=COC(=O)C(OS(C)(=O)=O)C(OS(C)(=O)=O)C(=O)OC=C. The van der Waals surface area contributed by atoms with Crippen molar-refractivity contribution in [3.63, 3.8) is 0 Å². The second-order valence-corrected chi connectivity index (χ2v) is 6.85. The summed E-state index contributed by atoms with van der Waals surface area (Å²) < 4.78 is 62.0. The van der Waals surface area contributed by atoms with Gasteiger partial charge in [0.2, 0.25) is 12.2 Å². The highest BCUT2D eigenvalue weighted by molar-refractivity contribution is 7.86. The van der Waals surface area contributed by atoms with Gasteiger partial charge in [0.1, 0.15) is 0 Å². The van der Waals surface area contributed by atoms with E-state index >= 15 is 0 Å². The first-order valence-corrected chi connectivity index (χ1v) is 8.94. The van der Waals surface area contributed by atoms with Gasteiger partial charge in [0.15, 0.2) is 0 Å². The fraction of sp³-hybridized carbons (Fsp3) is 0.400. The molecule has 0 aromatic carbocycles. The Kier molecular flexibility index (Phi) is 7.38. The minimum atomic E-state index is -4.28. The van der Waals surface area contributed by atoms with E-state index in [2.05, 4.69) is 31.0 Å². The zero-order valence-electron chi connectivity index (χ0n) is 11.6. The van der Waals surface area contributed by atoms with E-state index in [1.54, 1.807) is 0 Å². The molecule has 2 atom stereocenters. The van der Waals surface area contributed by atoms with Crippen LogP contribution < -0.4 is 0 Å². The minimum absolute atomic E-state index is 0.567. The van der Waals surface area contributed by atoms with Crippen molar-refractivity contribution >= 4 is 32.2 Å². The van der Waals surface area contributed by atoms with Crippen LogP contribution in [-0.2, 0) is 47.7 Å². The minimum Gasteiger partial charge on any atom is -0.433 e. The first kappa shape index (κ1) is 20.2. The molecule has 0 bridgehead atoms. The van der Waals surface area contributed by atoms with Crippen molar-refractivity contribution in [1.29, 1.82) is 0 Å². The third-order valence-corrected chi connectivity index (χ3v) is 2.81. The molecule has 0 spiro atoms. The van der Waals surface area contributed by atoms with Crippen LogP contribution >= 0.6 is 0 Å². The van der Waals surface area contributed by atoms with Crippen LogP contribution in [0.3, 0.4) is 0 Å². The average molecular weight is 358 g/mol. The number of rotatable bonds is 9. The molecule has 0 saturated carbocycles. The van der Waals surface area contributed by atoms with Crippen molar-refractivity contribution < 1.29 is 44.3 Å². The lowest BCUT2D eigenvalue weighted by atomic mass is 10.2. The van der Waals surface area contributed by atoms with E-state index in [-0.39, 0.29) is 0 Å². The maximum atomic E-state index is 11.7. The molecule has 0 aliphatic rings. The summed E-state index contributed by atoms with van der Waals surface area (Å²) in [7, 11) is -8.56. The third kappa shape index (κ3) is 7.87. The normalized spacial score (nSPS) is 14.5. The largest absolute Gasteiger partial charge is 0.433 e. The monoisotopic (exact) mass is 358 g/mol. The Morgan fingerprint density at radius 2 is 1.09 bits per heavy atom. The Morgan fingerprint density at radius 3 is 1.27 bits per heavy atom. The van der Waals surface area contributed by atoms with Gasteiger partial charge in [-0.1, -0.05) is 13.2 Å². The predicted octanol–water partition coefficient (Wildman–Crippen LogP) is -0.951. The molecule has 0 N–H and O–H groups in total. The number of hydrogen-bond donors (Lipinski definition) is 0. The molecule has 0 heterocycles. The van der Waals surface area contributed by atoms with E-state index in [4.69, 9.17) is 0 Å². The second-order valence-electron chi connectivity index (χ2n) is 3.65. The zero-order chi connectivity index (χ0) is 17.6. The van der Waals surface area contributed by atoms with Crippen LogP contribution in [0, 0.1) is 0 Å². The Bertz CT molecular complexity index is 587. The Morgan fingerprint density at radius 1 is 0.818 bits per heavy atom. The number of carbonyl (C=O) groups excluding carboxylic acids is 2. The van der Waals surface area contributed by atoms with Crippen LogP contribution in [0.25, 0.3) is 0 Å². The van der Waals surface area contributed by atoms with E-state index < -0.39 is 44.4 Å². The summed E-state index contributed by atoms with van der Waals surface area (Å²) in [6.07, 6.45) is -2.16. The molecule has 0 radical (unpaired) electrons. The van der Waals surface area contributed by atoms with E-state index in [0.29, 0.717) is 25.0 Å². The molecule has 0 fully saturated rings.